The summed E-state index contributed by atoms with van der Waals surface area (Å²) >= 11 is 0. The van der Waals surface area contributed by atoms with Crippen LogP contribution in [0.1, 0.15) is 63.1 Å². The first-order valence-corrected chi connectivity index (χ1v) is 11.8. The van der Waals surface area contributed by atoms with Gasteiger partial charge in [0.15, 0.2) is 11.2 Å². The predicted octanol–water partition coefficient (Wildman–Crippen LogP) is 7.27. The minimum Gasteiger partial charge on any atom is -0.453 e. The van der Waals surface area contributed by atoms with E-state index in [2.05, 4.69) is 38.7 Å². The van der Waals surface area contributed by atoms with Crippen molar-refractivity contribution in [1.82, 2.24) is 9.97 Å². The number of nitrogens with zero attached hydrogens (tertiary/aromatic N) is 1. The van der Waals surface area contributed by atoms with E-state index in [0.717, 1.165) is 48.1 Å². The number of hydrogen-bond acceptors (Lipinski definition) is 4. The molecule has 1 aliphatic rings. The van der Waals surface area contributed by atoms with Crippen molar-refractivity contribution >= 4 is 44.5 Å². The van der Waals surface area contributed by atoms with Crippen LogP contribution in [0.3, 0.4) is 0 Å². The predicted molar refractivity (Wildman–Crippen MR) is 135 cm³/mol. The maximum absolute atomic E-state index is 12.9. The fourth-order valence-corrected chi connectivity index (χ4v) is 4.92. The van der Waals surface area contributed by atoms with Crippen LogP contribution in [0.15, 0.2) is 56.1 Å². The lowest BCUT2D eigenvalue weighted by atomic mass is 10.00. The van der Waals surface area contributed by atoms with Gasteiger partial charge in [0, 0.05) is 23.2 Å². The topological polar surface area (TPSA) is 72.0 Å². The second-order valence-corrected chi connectivity index (χ2v) is 8.33. The fraction of sp³-hybridized carbons (Fsp3) is 0.286. The number of aromatic nitrogens is 2. The second-order valence-electron chi connectivity index (χ2n) is 8.33. The fourth-order valence-electron chi connectivity index (χ4n) is 4.92. The van der Waals surface area contributed by atoms with Gasteiger partial charge in [0.25, 0.3) is 5.43 Å². The molecule has 0 aliphatic carbocycles. The molecule has 1 aliphatic heterocycles. The van der Waals surface area contributed by atoms with E-state index in [9.17, 15) is 4.79 Å². The van der Waals surface area contributed by atoms with Crippen LogP contribution in [0.4, 0.5) is 0 Å². The molecule has 5 nitrogen and oxygen atoms in total. The van der Waals surface area contributed by atoms with Crippen LogP contribution in [0, 0.1) is 0 Å². The molecule has 5 heteroatoms. The number of furan rings is 2. The van der Waals surface area contributed by atoms with E-state index < -0.39 is 0 Å². The van der Waals surface area contributed by atoms with E-state index in [1.165, 1.54) is 22.3 Å². The standard InChI is InChI=1S/C28H28N2O3/c1-5-18-20(7-3)24-15-25-21(8-4)19(6-2)23(30-25)14-17-10-12-27(33-17)28(31)26-11-9-16(32-26)13-22(18)29-24/h9-15,29H,5-8H2,1-4H3. The molecule has 0 atom stereocenters. The van der Waals surface area contributed by atoms with Crippen LogP contribution in [-0.4, -0.2) is 9.97 Å². The molecule has 0 amide bonds. The SMILES string of the molecule is CCC1=C(CC)c2cc3[nH]c(cc4ccc(o4)c(=O)c4ccc(cc1n2)o4)c(CC)c3CC. The Morgan fingerprint density at radius 2 is 1.21 bits per heavy atom. The smallest absolute Gasteiger partial charge is 0.263 e. The Bertz CT molecular complexity index is 1580. The Labute approximate surface area is 192 Å². The highest BCUT2D eigenvalue weighted by Crippen LogP contribution is 2.35. The van der Waals surface area contributed by atoms with Crippen molar-refractivity contribution in [3.63, 3.8) is 0 Å². The number of aromatic amines is 1. The van der Waals surface area contributed by atoms with E-state index in [-0.39, 0.29) is 16.6 Å². The molecular weight excluding hydrogens is 412 g/mol. The van der Waals surface area contributed by atoms with Crippen LogP contribution < -0.4 is 5.43 Å². The monoisotopic (exact) mass is 440 g/mol. The normalized spacial score (nSPS) is 12.7. The lowest BCUT2D eigenvalue weighted by molar-refractivity contribution is 0.647. The van der Waals surface area contributed by atoms with Crippen molar-refractivity contribution < 1.29 is 8.83 Å². The van der Waals surface area contributed by atoms with Crippen LogP contribution in [0.5, 0.6) is 0 Å². The lowest BCUT2D eigenvalue weighted by Gasteiger charge is -2.02. The molecule has 5 heterocycles. The van der Waals surface area contributed by atoms with Gasteiger partial charge in [0.1, 0.15) is 11.2 Å². The van der Waals surface area contributed by atoms with Gasteiger partial charge in [-0.2, -0.15) is 0 Å². The van der Waals surface area contributed by atoms with Crippen molar-refractivity contribution in [3.8, 4) is 0 Å². The first-order chi connectivity index (χ1) is 16.1. The molecule has 1 N–H and O–H groups in total. The molecule has 4 aromatic heterocycles. The van der Waals surface area contributed by atoms with E-state index in [1.54, 1.807) is 12.1 Å². The number of fused-ring (bicyclic) bond motifs is 8. The van der Waals surface area contributed by atoms with Gasteiger partial charge in [-0.05, 0) is 78.3 Å². The van der Waals surface area contributed by atoms with Crippen molar-refractivity contribution in [2.45, 2.75) is 53.4 Å². The highest BCUT2D eigenvalue weighted by atomic mass is 16.4. The van der Waals surface area contributed by atoms with E-state index in [0.29, 0.717) is 11.2 Å². The summed E-state index contributed by atoms with van der Waals surface area (Å²) in [5.41, 5.74) is 10.5. The third kappa shape index (κ3) is 3.58. The van der Waals surface area contributed by atoms with Crippen molar-refractivity contribution in [3.05, 3.63) is 75.2 Å². The number of H-pyrrole nitrogens is 1. The first-order valence-electron chi connectivity index (χ1n) is 11.8. The van der Waals surface area contributed by atoms with Gasteiger partial charge in [-0.3, -0.25) is 4.79 Å². The summed E-state index contributed by atoms with van der Waals surface area (Å²) in [5.74, 6) is 0. The Hall–Kier alpha value is -3.60. The molecule has 0 spiro atoms. The minimum atomic E-state index is -0.270. The van der Waals surface area contributed by atoms with Gasteiger partial charge < -0.3 is 13.8 Å². The Morgan fingerprint density at radius 3 is 1.76 bits per heavy atom. The molecule has 0 radical (unpaired) electrons. The zero-order valence-electron chi connectivity index (χ0n) is 19.5. The highest BCUT2D eigenvalue weighted by molar-refractivity contribution is 5.93. The second kappa shape index (κ2) is 8.39. The number of hydrogen-bond donors (Lipinski definition) is 1. The van der Waals surface area contributed by atoms with Crippen LogP contribution in [-0.2, 0) is 12.8 Å². The largest absolute Gasteiger partial charge is 0.453 e. The molecule has 0 unspecified atom stereocenters. The van der Waals surface area contributed by atoms with Gasteiger partial charge in [-0.1, -0.05) is 27.7 Å². The van der Waals surface area contributed by atoms with Gasteiger partial charge in [0.05, 0.1) is 11.4 Å². The summed E-state index contributed by atoms with van der Waals surface area (Å²) in [6.07, 6.45) is 3.59. The molecule has 4 aromatic rings. The summed E-state index contributed by atoms with van der Waals surface area (Å²) in [6.45, 7) is 8.67. The third-order valence-corrected chi connectivity index (χ3v) is 6.47. The molecule has 168 valence electrons. The summed E-state index contributed by atoms with van der Waals surface area (Å²) in [6, 6.07) is 13.1. The Balaban J connectivity index is 1.98. The lowest BCUT2D eigenvalue weighted by Crippen LogP contribution is -1.94. The highest BCUT2D eigenvalue weighted by Gasteiger charge is 2.18. The van der Waals surface area contributed by atoms with E-state index in [1.807, 2.05) is 24.3 Å². The quantitative estimate of drug-likeness (QED) is 0.362. The van der Waals surface area contributed by atoms with E-state index in [4.69, 9.17) is 13.8 Å². The average molecular weight is 441 g/mol. The molecule has 0 fully saturated rings. The van der Waals surface area contributed by atoms with Gasteiger partial charge in [-0.15, -0.1) is 0 Å². The van der Waals surface area contributed by atoms with Crippen LogP contribution >= 0.6 is 0 Å². The van der Waals surface area contributed by atoms with Crippen molar-refractivity contribution in [2.75, 3.05) is 0 Å². The maximum Gasteiger partial charge on any atom is 0.263 e. The van der Waals surface area contributed by atoms with Gasteiger partial charge >= 0.3 is 0 Å². The molecule has 0 saturated heterocycles. The molecular formula is C28H28N2O3. The molecule has 8 bridgehead atoms. The maximum atomic E-state index is 12.9. The Kier molecular flexibility index (Phi) is 5.41. The van der Waals surface area contributed by atoms with E-state index >= 15 is 0 Å². The third-order valence-electron chi connectivity index (χ3n) is 6.47. The molecule has 5 rings (SSSR count). The molecule has 33 heavy (non-hydrogen) atoms. The van der Waals surface area contributed by atoms with Crippen molar-refractivity contribution in [1.29, 1.82) is 0 Å². The number of rotatable bonds is 4. The summed E-state index contributed by atoms with van der Waals surface area (Å²) in [7, 11) is 0. The average Bonchev–Trinajstić information content (AvgIpc) is 3.59. The minimum absolute atomic E-state index is 0.256. The summed E-state index contributed by atoms with van der Waals surface area (Å²) in [5, 5.41) is 0. The zero-order valence-corrected chi connectivity index (χ0v) is 19.5. The summed E-state index contributed by atoms with van der Waals surface area (Å²) < 4.78 is 11.8. The van der Waals surface area contributed by atoms with Gasteiger partial charge in [-0.25, -0.2) is 4.98 Å². The van der Waals surface area contributed by atoms with Crippen LogP contribution in [0.2, 0.25) is 0 Å². The number of nitrogens with one attached hydrogen (secondary N) is 1. The Morgan fingerprint density at radius 1 is 0.697 bits per heavy atom. The molecule has 0 aromatic carbocycles. The van der Waals surface area contributed by atoms with Gasteiger partial charge in [0.2, 0.25) is 0 Å². The van der Waals surface area contributed by atoms with Crippen LogP contribution in [0.25, 0.3) is 44.5 Å². The zero-order chi connectivity index (χ0) is 23.1. The number of allylic oxidation sites excluding steroid dienone is 2. The first kappa shape index (κ1) is 21.3. The van der Waals surface area contributed by atoms with Crippen molar-refractivity contribution in [2.24, 2.45) is 0 Å². The molecule has 0 saturated carbocycles. The number of aryl methyl sites for hydroxylation is 2. The summed E-state index contributed by atoms with van der Waals surface area (Å²) in [4.78, 5) is 21.6.